The van der Waals surface area contributed by atoms with Crippen LogP contribution < -0.4 is 26.8 Å². The molecule has 0 bridgehead atoms. The number of fused-ring (bicyclic) bond motifs is 2. The number of carbonyl (C=O) groups is 2. The molecule has 332 valence electrons. The first-order chi connectivity index (χ1) is 30.2. The molecule has 0 radical (unpaired) electrons. The molecule has 3 aromatic carbocycles. The molecule has 4 aromatic heterocycles. The smallest absolute Gasteiger partial charge is 0.508 e. The molecule has 1 aliphatic heterocycles. The normalized spacial score (nSPS) is 14.7. The molecule has 64 heavy (non-hydrogen) atoms. The van der Waals surface area contributed by atoms with Gasteiger partial charge >= 0.3 is 6.36 Å². The molecule has 1 aliphatic rings. The summed E-state index contributed by atoms with van der Waals surface area (Å²) in [6, 6.07) is 11.3. The van der Waals surface area contributed by atoms with Crippen LogP contribution in [0.25, 0.3) is 42.7 Å². The Morgan fingerprint density at radius 3 is 2.03 bits per heavy atom. The van der Waals surface area contributed by atoms with E-state index in [0.717, 1.165) is 62.4 Å². The monoisotopic (exact) mass is 951 g/mol. The van der Waals surface area contributed by atoms with Crippen molar-refractivity contribution in [2.24, 2.45) is 0 Å². The van der Waals surface area contributed by atoms with E-state index in [-0.39, 0.29) is 69.0 Å². The molecule has 1 saturated heterocycles. The number of nitrogens with zero attached hydrogens (tertiary/aromatic N) is 5. The molecule has 8 rings (SSSR count). The Hall–Kier alpha value is -6.13. The number of aromatic hydroxyl groups is 1. The number of hydrogen-bond donors (Lipinski definition) is 5. The van der Waals surface area contributed by atoms with Crippen molar-refractivity contribution in [3.8, 4) is 33.8 Å². The van der Waals surface area contributed by atoms with Gasteiger partial charge in [0.25, 0.3) is 11.8 Å². The number of aromatic nitrogens is 4. The lowest BCUT2D eigenvalue weighted by Crippen LogP contribution is -2.38. The summed E-state index contributed by atoms with van der Waals surface area (Å²) < 4.78 is 74.9. The minimum absolute atomic E-state index is 0.0143. The first-order valence-electron chi connectivity index (χ1n) is 19.4. The molecule has 1 fully saturated rings. The molecule has 1 atom stereocenters. The van der Waals surface area contributed by atoms with E-state index in [4.69, 9.17) is 23.1 Å². The second kappa shape index (κ2) is 16.8. The molecule has 0 spiro atoms. The lowest BCUT2D eigenvalue weighted by atomic mass is 9.97. The predicted molar refractivity (Wildman–Crippen MR) is 239 cm³/mol. The highest BCUT2D eigenvalue weighted by atomic mass is 35.5. The summed E-state index contributed by atoms with van der Waals surface area (Å²) in [6.07, 6.45) is -4.94. The van der Waals surface area contributed by atoms with Crippen LogP contribution in [0, 0.1) is 27.7 Å². The number of sulfonamides is 1. The summed E-state index contributed by atoms with van der Waals surface area (Å²) in [6.45, 7) is 7.21. The van der Waals surface area contributed by atoms with Crippen LogP contribution in [0.1, 0.15) is 53.8 Å². The number of nitrogens with one attached hydrogen (secondary N) is 2. The van der Waals surface area contributed by atoms with Crippen molar-refractivity contribution in [1.29, 1.82) is 0 Å². The number of hydrogen-bond acceptors (Lipinski definition) is 14. The predicted octanol–water partition coefficient (Wildman–Crippen LogP) is 7.81. The molecule has 15 nitrogen and oxygen atoms in total. The van der Waals surface area contributed by atoms with E-state index in [0.29, 0.717) is 53.5 Å². The zero-order chi connectivity index (χ0) is 46.0. The van der Waals surface area contributed by atoms with Gasteiger partial charge in [-0.05, 0) is 86.7 Å². The van der Waals surface area contributed by atoms with Crippen molar-refractivity contribution in [3.63, 3.8) is 0 Å². The van der Waals surface area contributed by atoms with Gasteiger partial charge in [0.15, 0.2) is 0 Å². The van der Waals surface area contributed by atoms with Crippen LogP contribution in [-0.4, -0.2) is 75.5 Å². The van der Waals surface area contributed by atoms with E-state index in [2.05, 4.69) is 35.8 Å². The average molecular weight is 952 g/mol. The quantitative estimate of drug-likeness (QED) is 0.0885. The van der Waals surface area contributed by atoms with Crippen LogP contribution in [0.3, 0.4) is 0 Å². The third-order valence-electron chi connectivity index (χ3n) is 11.0. The summed E-state index contributed by atoms with van der Waals surface area (Å²) in [5.41, 5.74) is 17.0. The fourth-order valence-corrected chi connectivity index (χ4v) is 11.3. The summed E-state index contributed by atoms with van der Waals surface area (Å²) in [5, 5.41) is 34.3. The molecule has 5 heterocycles. The summed E-state index contributed by atoms with van der Waals surface area (Å²) in [4.78, 5) is 27.7. The first kappa shape index (κ1) is 44.5. The van der Waals surface area contributed by atoms with Crippen LogP contribution in [0.15, 0.2) is 59.5 Å². The number of ether oxygens (including phenoxy) is 1. The van der Waals surface area contributed by atoms with Crippen LogP contribution in [0.4, 0.5) is 24.5 Å². The number of thiophene rings is 2. The maximum atomic E-state index is 14.1. The van der Waals surface area contributed by atoms with Gasteiger partial charge in [0, 0.05) is 53.1 Å². The number of phenolic OH excluding ortho intramolecular Hbond substituents is 1. The van der Waals surface area contributed by atoms with Crippen LogP contribution in [0.5, 0.6) is 11.5 Å². The van der Waals surface area contributed by atoms with E-state index in [1.807, 2.05) is 13.8 Å². The van der Waals surface area contributed by atoms with Crippen molar-refractivity contribution < 1.29 is 41.0 Å². The zero-order valence-corrected chi connectivity index (χ0v) is 37.4. The Morgan fingerprint density at radius 1 is 0.859 bits per heavy atom. The maximum Gasteiger partial charge on any atom is 0.573 e. The SMILES string of the molecule is Cc1nnc2sc(C(=O)NCc3ccc(-c4cc(O)cc(-c5cc(S(=O)(=O)N6CCC(NC(=O)c7sc8nnc(C)c(C)c8c7N)C6)ccc5OC(F)(F)F)c4Cl)cc3)c(N)c2c1C. The number of nitrogen functional groups attached to an aromatic ring is 2. The fourth-order valence-electron chi connectivity index (χ4n) is 7.46. The highest BCUT2D eigenvalue weighted by Gasteiger charge is 2.37. The van der Waals surface area contributed by atoms with Crippen molar-refractivity contribution >= 4 is 87.9 Å². The standard InChI is InChI=1S/C42H37ClF3N9O6S3/c1-18-20(3)51-53-40-31(18)34(47)36(62-40)38(57)49-16-22-5-7-23(8-6-22)27-13-25(56)14-29(33(27)43)28-15-26(9-10-30(28)61-42(44,45)46)64(59,60)55-12-11-24(17-55)50-39(58)37-35(48)32-19(2)21(4)52-54-41(32)63-37/h5-10,13-15,24,56H,11-12,16-17,47-48H2,1-4H3,(H,49,57)(H,50,58). The Kier molecular flexibility index (Phi) is 11.7. The maximum absolute atomic E-state index is 14.1. The zero-order valence-electron chi connectivity index (χ0n) is 34.2. The Morgan fingerprint density at radius 2 is 1.44 bits per heavy atom. The summed E-state index contributed by atoms with van der Waals surface area (Å²) >= 11 is 9.10. The number of rotatable bonds is 10. The van der Waals surface area contributed by atoms with E-state index < -0.39 is 40.0 Å². The summed E-state index contributed by atoms with van der Waals surface area (Å²) in [5.74, 6) is -2.07. The number of aryl methyl sites for hydroxylation is 4. The van der Waals surface area contributed by atoms with Gasteiger partial charge in [0.2, 0.25) is 10.0 Å². The van der Waals surface area contributed by atoms with Gasteiger partial charge in [-0.1, -0.05) is 35.9 Å². The van der Waals surface area contributed by atoms with Gasteiger partial charge in [0.05, 0.1) is 32.7 Å². The number of benzene rings is 3. The van der Waals surface area contributed by atoms with Crippen molar-refractivity contribution in [1.82, 2.24) is 35.3 Å². The number of phenols is 1. The van der Waals surface area contributed by atoms with Crippen LogP contribution >= 0.6 is 34.3 Å². The second-order valence-electron chi connectivity index (χ2n) is 15.1. The second-order valence-corrected chi connectivity index (χ2v) is 19.4. The van der Waals surface area contributed by atoms with E-state index in [1.54, 1.807) is 38.1 Å². The van der Waals surface area contributed by atoms with E-state index in [9.17, 15) is 36.3 Å². The molecular weight excluding hydrogens is 915 g/mol. The number of alkyl halides is 3. The summed E-state index contributed by atoms with van der Waals surface area (Å²) in [7, 11) is -4.38. The lowest BCUT2D eigenvalue weighted by Gasteiger charge is -2.20. The van der Waals surface area contributed by atoms with Crippen LogP contribution in [0.2, 0.25) is 5.02 Å². The largest absolute Gasteiger partial charge is 0.573 e. The molecule has 7 N–H and O–H groups in total. The minimum atomic E-state index is -5.18. The van der Waals surface area contributed by atoms with E-state index >= 15 is 0 Å². The number of amides is 2. The molecule has 22 heteroatoms. The number of nitrogens with two attached hydrogens (primary N) is 2. The Labute approximate surface area is 376 Å². The van der Waals surface area contributed by atoms with Gasteiger partial charge in [-0.3, -0.25) is 9.59 Å². The van der Waals surface area contributed by atoms with Crippen molar-refractivity contribution in [3.05, 3.63) is 97.5 Å². The Bertz CT molecular complexity index is 3160. The van der Waals surface area contributed by atoms with Gasteiger partial charge in [-0.2, -0.15) is 14.5 Å². The molecule has 7 aromatic rings. The van der Waals surface area contributed by atoms with Gasteiger partial charge in [-0.15, -0.1) is 46.0 Å². The van der Waals surface area contributed by atoms with Crippen LogP contribution in [-0.2, 0) is 16.6 Å². The molecule has 0 aliphatic carbocycles. The number of anilines is 2. The lowest BCUT2D eigenvalue weighted by molar-refractivity contribution is -0.274. The molecule has 1 unspecified atom stereocenters. The van der Waals surface area contributed by atoms with Gasteiger partial charge in [-0.25, -0.2) is 8.42 Å². The highest BCUT2D eigenvalue weighted by Crippen LogP contribution is 2.45. The highest BCUT2D eigenvalue weighted by molar-refractivity contribution is 7.89. The van der Waals surface area contributed by atoms with Gasteiger partial charge in [0.1, 0.15) is 30.9 Å². The topological polar surface area (TPSA) is 229 Å². The van der Waals surface area contributed by atoms with Crippen molar-refractivity contribution in [2.75, 3.05) is 24.6 Å². The van der Waals surface area contributed by atoms with Crippen molar-refractivity contribution in [2.45, 2.75) is 58.0 Å². The molecule has 2 amide bonds. The number of carbonyl (C=O) groups excluding carboxylic acids is 2. The average Bonchev–Trinajstić information content (AvgIpc) is 3.96. The van der Waals surface area contributed by atoms with E-state index in [1.165, 1.54) is 6.07 Å². The first-order valence-corrected chi connectivity index (χ1v) is 22.8. The minimum Gasteiger partial charge on any atom is -0.508 e. The van der Waals surface area contributed by atoms with Gasteiger partial charge < -0.3 is 31.9 Å². The molecular formula is C42H37ClF3N9O6S3. The number of halogens is 4. The molecule has 0 saturated carbocycles. The Balaban J connectivity index is 1.03. The third kappa shape index (κ3) is 8.36. The third-order valence-corrected chi connectivity index (χ3v) is 15.5. The fraction of sp³-hybridized carbons (Fsp3) is 0.238.